The molecule has 1 aromatic carbocycles. The van der Waals surface area contributed by atoms with Crippen molar-refractivity contribution < 1.29 is 4.74 Å². The van der Waals surface area contributed by atoms with Gasteiger partial charge in [0.15, 0.2) is 0 Å². The molecule has 4 nitrogen and oxygen atoms in total. The summed E-state index contributed by atoms with van der Waals surface area (Å²) in [6, 6.07) is 9.61. The molecule has 2 rings (SSSR count). The molecule has 1 heterocycles. The van der Waals surface area contributed by atoms with Gasteiger partial charge in [0.1, 0.15) is 5.75 Å². The van der Waals surface area contributed by atoms with Crippen LogP contribution >= 0.6 is 0 Å². The zero-order valence-corrected chi connectivity index (χ0v) is 13.7. The fourth-order valence-electron chi connectivity index (χ4n) is 3.22. The third-order valence-electron chi connectivity index (χ3n) is 4.63. The van der Waals surface area contributed by atoms with Gasteiger partial charge in [-0.25, -0.2) is 0 Å². The first-order valence-corrected chi connectivity index (χ1v) is 7.96. The number of benzene rings is 1. The molecule has 0 radical (unpaired) electrons. The fourth-order valence-corrected chi connectivity index (χ4v) is 3.22. The van der Waals surface area contributed by atoms with Crippen LogP contribution in [0, 0.1) is 0 Å². The topological polar surface area (TPSA) is 41.7 Å². The average molecular weight is 291 g/mol. The maximum absolute atomic E-state index is 6.12. The van der Waals surface area contributed by atoms with Gasteiger partial charge in [0, 0.05) is 37.3 Å². The predicted octanol–water partition coefficient (Wildman–Crippen LogP) is 2.11. The molecule has 0 amide bonds. The second-order valence-electron chi connectivity index (χ2n) is 6.04. The molecule has 0 aliphatic carbocycles. The molecule has 1 aliphatic rings. The van der Waals surface area contributed by atoms with Crippen LogP contribution in [0.15, 0.2) is 24.3 Å². The van der Waals surface area contributed by atoms with Crippen molar-refractivity contribution in [1.29, 1.82) is 0 Å². The lowest BCUT2D eigenvalue weighted by molar-refractivity contribution is 0.0345. The van der Waals surface area contributed by atoms with E-state index in [1.165, 1.54) is 5.56 Å². The smallest absolute Gasteiger partial charge is 0.124 e. The summed E-state index contributed by atoms with van der Waals surface area (Å²) in [5.41, 5.74) is 7.33. The van der Waals surface area contributed by atoms with E-state index in [2.05, 4.69) is 42.8 Å². The van der Waals surface area contributed by atoms with E-state index >= 15 is 0 Å². The molecule has 118 valence electrons. The summed E-state index contributed by atoms with van der Waals surface area (Å²) < 4.78 is 5.79. The Kier molecular flexibility index (Phi) is 5.62. The lowest BCUT2D eigenvalue weighted by atomic mass is 10.00. The highest BCUT2D eigenvalue weighted by atomic mass is 16.5. The van der Waals surface area contributed by atoms with Gasteiger partial charge in [0.25, 0.3) is 0 Å². The summed E-state index contributed by atoms with van der Waals surface area (Å²) in [5.74, 6) is 0.967. The molecule has 1 fully saturated rings. The van der Waals surface area contributed by atoms with Crippen LogP contribution in [-0.4, -0.2) is 55.2 Å². The van der Waals surface area contributed by atoms with E-state index in [0.29, 0.717) is 25.2 Å². The number of ether oxygens (including phenoxy) is 1. The van der Waals surface area contributed by atoms with Gasteiger partial charge in [-0.15, -0.1) is 0 Å². The van der Waals surface area contributed by atoms with Crippen LogP contribution in [0.2, 0.25) is 0 Å². The standard InChI is InChI=1S/C17H29N3O/c1-5-21-17-9-7-6-8-15(17)16(10-18)20-11-13(2)19(4)14(3)12-20/h6-9,13-14,16H,5,10-12,18H2,1-4H3. The van der Waals surface area contributed by atoms with Crippen molar-refractivity contribution in [2.45, 2.75) is 38.9 Å². The zero-order valence-electron chi connectivity index (χ0n) is 13.7. The maximum atomic E-state index is 6.12. The highest BCUT2D eigenvalue weighted by molar-refractivity contribution is 5.36. The molecule has 0 spiro atoms. The monoisotopic (exact) mass is 291 g/mol. The van der Waals surface area contributed by atoms with Gasteiger partial charge in [-0.1, -0.05) is 18.2 Å². The predicted molar refractivity (Wildman–Crippen MR) is 87.7 cm³/mol. The Morgan fingerprint density at radius 2 is 1.86 bits per heavy atom. The molecular weight excluding hydrogens is 262 g/mol. The molecule has 0 saturated carbocycles. The molecule has 4 heteroatoms. The average Bonchev–Trinajstić information content (AvgIpc) is 2.47. The molecule has 3 atom stereocenters. The number of nitrogens with zero attached hydrogens (tertiary/aromatic N) is 2. The first kappa shape index (κ1) is 16.3. The second kappa shape index (κ2) is 7.25. The summed E-state index contributed by atoms with van der Waals surface area (Å²) in [7, 11) is 2.21. The number of hydrogen-bond acceptors (Lipinski definition) is 4. The minimum absolute atomic E-state index is 0.228. The quantitative estimate of drug-likeness (QED) is 0.902. The number of likely N-dealkylation sites (N-methyl/N-ethyl adjacent to an activating group) is 1. The largest absolute Gasteiger partial charge is 0.494 e. The van der Waals surface area contributed by atoms with Crippen LogP contribution in [-0.2, 0) is 0 Å². The van der Waals surface area contributed by atoms with Crippen molar-refractivity contribution in [2.24, 2.45) is 5.73 Å². The van der Waals surface area contributed by atoms with Gasteiger partial charge in [-0.3, -0.25) is 9.80 Å². The molecule has 1 aromatic rings. The first-order chi connectivity index (χ1) is 10.1. The fraction of sp³-hybridized carbons (Fsp3) is 0.647. The van der Waals surface area contributed by atoms with Gasteiger partial charge in [0.05, 0.1) is 12.6 Å². The molecule has 1 aliphatic heterocycles. The summed E-state index contributed by atoms with van der Waals surface area (Å²) in [6.07, 6.45) is 0. The molecule has 3 unspecified atom stereocenters. The van der Waals surface area contributed by atoms with Crippen LogP contribution < -0.4 is 10.5 Å². The third kappa shape index (κ3) is 3.57. The van der Waals surface area contributed by atoms with Crippen molar-refractivity contribution in [3.8, 4) is 5.75 Å². The van der Waals surface area contributed by atoms with Crippen molar-refractivity contribution in [3.05, 3.63) is 29.8 Å². The van der Waals surface area contributed by atoms with E-state index in [1.807, 2.05) is 19.1 Å². The van der Waals surface area contributed by atoms with E-state index in [4.69, 9.17) is 10.5 Å². The molecule has 0 bridgehead atoms. The first-order valence-electron chi connectivity index (χ1n) is 7.96. The lowest BCUT2D eigenvalue weighted by Crippen LogP contribution is -2.56. The van der Waals surface area contributed by atoms with E-state index < -0.39 is 0 Å². The molecule has 21 heavy (non-hydrogen) atoms. The third-order valence-corrected chi connectivity index (χ3v) is 4.63. The van der Waals surface area contributed by atoms with Crippen LogP contribution in [0.4, 0.5) is 0 Å². The molecule has 1 saturated heterocycles. The Bertz CT molecular complexity index is 439. The van der Waals surface area contributed by atoms with E-state index in [0.717, 1.165) is 18.8 Å². The number of rotatable bonds is 5. The Labute approximate surface area is 128 Å². The summed E-state index contributed by atoms with van der Waals surface area (Å²) in [4.78, 5) is 4.95. The van der Waals surface area contributed by atoms with Crippen molar-refractivity contribution >= 4 is 0 Å². The summed E-state index contributed by atoms with van der Waals surface area (Å²) in [5, 5.41) is 0. The van der Waals surface area contributed by atoms with Crippen molar-refractivity contribution in [2.75, 3.05) is 33.3 Å². The summed E-state index contributed by atoms with van der Waals surface area (Å²) in [6.45, 7) is 9.98. The highest BCUT2D eigenvalue weighted by Crippen LogP contribution is 2.31. The molecule has 2 N–H and O–H groups in total. The molecular formula is C17H29N3O. The van der Waals surface area contributed by atoms with Gasteiger partial charge in [0.2, 0.25) is 0 Å². The van der Waals surface area contributed by atoms with Crippen LogP contribution in [0.25, 0.3) is 0 Å². The second-order valence-corrected chi connectivity index (χ2v) is 6.04. The SMILES string of the molecule is CCOc1ccccc1C(CN)N1CC(C)N(C)C(C)C1. The maximum Gasteiger partial charge on any atom is 0.124 e. The molecule has 0 aromatic heterocycles. The van der Waals surface area contributed by atoms with Crippen LogP contribution in [0.5, 0.6) is 5.75 Å². The van der Waals surface area contributed by atoms with E-state index in [1.54, 1.807) is 0 Å². The van der Waals surface area contributed by atoms with Gasteiger partial charge >= 0.3 is 0 Å². The zero-order chi connectivity index (χ0) is 15.4. The minimum atomic E-state index is 0.228. The van der Waals surface area contributed by atoms with Crippen molar-refractivity contribution in [1.82, 2.24) is 9.80 Å². The van der Waals surface area contributed by atoms with E-state index in [-0.39, 0.29) is 6.04 Å². The van der Waals surface area contributed by atoms with Gasteiger partial charge in [-0.05, 0) is 33.9 Å². The Morgan fingerprint density at radius 1 is 1.24 bits per heavy atom. The number of para-hydroxylation sites is 1. The normalized spacial score (nSPS) is 25.8. The Morgan fingerprint density at radius 3 is 2.43 bits per heavy atom. The number of piperazine rings is 1. The number of hydrogen-bond donors (Lipinski definition) is 1. The van der Waals surface area contributed by atoms with E-state index in [9.17, 15) is 0 Å². The van der Waals surface area contributed by atoms with Crippen LogP contribution in [0.1, 0.15) is 32.4 Å². The highest BCUT2D eigenvalue weighted by Gasteiger charge is 2.31. The van der Waals surface area contributed by atoms with Gasteiger partial charge in [-0.2, -0.15) is 0 Å². The van der Waals surface area contributed by atoms with Crippen LogP contribution in [0.3, 0.4) is 0 Å². The minimum Gasteiger partial charge on any atom is -0.494 e. The van der Waals surface area contributed by atoms with Gasteiger partial charge < -0.3 is 10.5 Å². The Hall–Kier alpha value is -1.10. The Balaban J connectivity index is 2.23. The lowest BCUT2D eigenvalue weighted by Gasteiger charge is -2.45. The van der Waals surface area contributed by atoms with Crippen molar-refractivity contribution in [3.63, 3.8) is 0 Å². The summed E-state index contributed by atoms with van der Waals surface area (Å²) >= 11 is 0. The number of nitrogens with two attached hydrogens (primary N) is 1.